The van der Waals surface area contributed by atoms with Crippen molar-refractivity contribution in [1.29, 1.82) is 0 Å². The van der Waals surface area contributed by atoms with E-state index in [-0.39, 0.29) is 18.1 Å². The zero-order valence-electron chi connectivity index (χ0n) is 15.2. The number of para-hydroxylation sites is 1. The number of ether oxygens (including phenoxy) is 1. The van der Waals surface area contributed by atoms with E-state index in [1.165, 1.54) is 18.2 Å². The molecule has 2 aromatic carbocycles. The summed E-state index contributed by atoms with van der Waals surface area (Å²) < 4.78 is 67.5. The summed E-state index contributed by atoms with van der Waals surface area (Å²) in [6.07, 6.45) is 0.982. The second-order valence-corrected chi connectivity index (χ2v) is 8.40. The number of nitrogens with one attached hydrogen (secondary N) is 2. The fraction of sp³-hybridized carbons (Fsp3) is 0.316. The van der Waals surface area contributed by atoms with Crippen LogP contribution in [0, 0.1) is 0 Å². The number of hydrogen-bond donors (Lipinski definition) is 2. The van der Waals surface area contributed by atoms with Gasteiger partial charge in [-0.05, 0) is 42.7 Å². The molecule has 1 heterocycles. The van der Waals surface area contributed by atoms with Gasteiger partial charge in [-0.25, -0.2) is 8.42 Å². The Morgan fingerprint density at radius 2 is 1.90 bits per heavy atom. The van der Waals surface area contributed by atoms with Crippen LogP contribution >= 0.6 is 0 Å². The van der Waals surface area contributed by atoms with Gasteiger partial charge in [0.15, 0.2) is 0 Å². The number of sulfone groups is 1. The van der Waals surface area contributed by atoms with Gasteiger partial charge in [0, 0.05) is 18.8 Å². The zero-order valence-corrected chi connectivity index (χ0v) is 16.0. The van der Waals surface area contributed by atoms with Crippen molar-refractivity contribution in [3.63, 3.8) is 0 Å². The summed E-state index contributed by atoms with van der Waals surface area (Å²) in [4.78, 5) is 11.3. The molecule has 0 bridgehead atoms. The Morgan fingerprint density at radius 1 is 1.14 bits per heavy atom. The molecule has 1 unspecified atom stereocenters. The van der Waals surface area contributed by atoms with E-state index in [9.17, 15) is 26.4 Å². The quantitative estimate of drug-likeness (QED) is 0.733. The fourth-order valence-electron chi connectivity index (χ4n) is 2.94. The summed E-state index contributed by atoms with van der Waals surface area (Å²) in [5.41, 5.74) is -4.38. The van der Waals surface area contributed by atoms with Crippen molar-refractivity contribution >= 4 is 27.1 Å². The Kier molecular flexibility index (Phi) is 6.13. The van der Waals surface area contributed by atoms with Crippen LogP contribution in [-0.2, 0) is 25.9 Å². The average Bonchev–Trinajstić information content (AvgIpc) is 3.21. The molecule has 1 saturated heterocycles. The summed E-state index contributed by atoms with van der Waals surface area (Å²) in [6.45, 7) is 0.607. The Hall–Kier alpha value is -2.59. The summed E-state index contributed by atoms with van der Waals surface area (Å²) in [5.74, 6) is -0.255. The SMILES string of the molecule is O=C(Nc1cccc(CNc2ccccc2S(=O)(=O)C(F)(F)F)c1)C1CCCO1. The lowest BCUT2D eigenvalue weighted by Gasteiger charge is -2.15. The summed E-state index contributed by atoms with van der Waals surface area (Å²) in [7, 11) is -5.48. The van der Waals surface area contributed by atoms with E-state index in [0.29, 0.717) is 24.3 Å². The second kappa shape index (κ2) is 8.42. The molecular formula is C19H19F3N2O4S. The summed E-state index contributed by atoms with van der Waals surface area (Å²) in [5, 5.41) is 5.47. The van der Waals surface area contributed by atoms with E-state index in [1.54, 1.807) is 24.3 Å². The van der Waals surface area contributed by atoms with Gasteiger partial charge >= 0.3 is 5.51 Å². The number of anilines is 2. The first-order valence-corrected chi connectivity index (χ1v) is 10.3. The third-order valence-corrected chi connectivity index (χ3v) is 5.93. The largest absolute Gasteiger partial charge is 0.501 e. The molecule has 2 N–H and O–H groups in total. The first-order chi connectivity index (χ1) is 13.7. The smallest absolute Gasteiger partial charge is 0.380 e. The van der Waals surface area contributed by atoms with Crippen LogP contribution in [0.25, 0.3) is 0 Å². The predicted octanol–water partition coefficient (Wildman–Crippen LogP) is 3.71. The van der Waals surface area contributed by atoms with E-state index in [1.807, 2.05) is 0 Å². The minimum atomic E-state index is -5.48. The van der Waals surface area contributed by atoms with E-state index in [2.05, 4.69) is 10.6 Å². The first kappa shape index (κ1) is 21.1. The maximum absolute atomic E-state index is 12.9. The first-order valence-electron chi connectivity index (χ1n) is 8.84. The lowest BCUT2D eigenvalue weighted by molar-refractivity contribution is -0.124. The van der Waals surface area contributed by atoms with Crippen molar-refractivity contribution in [2.24, 2.45) is 0 Å². The van der Waals surface area contributed by atoms with Crippen molar-refractivity contribution in [1.82, 2.24) is 0 Å². The molecule has 29 heavy (non-hydrogen) atoms. The molecule has 3 rings (SSSR count). The van der Waals surface area contributed by atoms with E-state index < -0.39 is 26.3 Å². The van der Waals surface area contributed by atoms with Crippen molar-refractivity contribution in [2.45, 2.75) is 35.9 Å². The molecular weight excluding hydrogens is 409 g/mol. The van der Waals surface area contributed by atoms with Gasteiger partial charge in [-0.15, -0.1) is 0 Å². The lowest BCUT2D eigenvalue weighted by Crippen LogP contribution is -2.26. The van der Waals surface area contributed by atoms with E-state index in [4.69, 9.17) is 4.74 Å². The molecule has 0 aromatic heterocycles. The summed E-state index contributed by atoms with van der Waals surface area (Å²) >= 11 is 0. The Bertz CT molecular complexity index is 987. The van der Waals surface area contributed by atoms with Gasteiger partial charge in [0.05, 0.1) is 10.6 Å². The third-order valence-electron chi connectivity index (χ3n) is 4.38. The van der Waals surface area contributed by atoms with Crippen molar-refractivity contribution < 1.29 is 31.1 Å². The fourth-order valence-corrected chi connectivity index (χ4v) is 3.87. The van der Waals surface area contributed by atoms with Crippen LogP contribution in [0.1, 0.15) is 18.4 Å². The number of amides is 1. The molecule has 156 valence electrons. The number of hydrogen-bond acceptors (Lipinski definition) is 5. The predicted molar refractivity (Wildman–Crippen MR) is 101 cm³/mol. The number of carbonyl (C=O) groups is 1. The normalized spacial score (nSPS) is 17.1. The molecule has 1 aliphatic rings. The van der Waals surface area contributed by atoms with Gasteiger partial charge in [-0.1, -0.05) is 24.3 Å². The van der Waals surface area contributed by atoms with Gasteiger partial charge in [0.25, 0.3) is 15.7 Å². The maximum Gasteiger partial charge on any atom is 0.501 e. The highest BCUT2D eigenvalue weighted by atomic mass is 32.2. The van der Waals surface area contributed by atoms with Crippen molar-refractivity contribution in [3.05, 3.63) is 54.1 Å². The van der Waals surface area contributed by atoms with Crippen LogP contribution < -0.4 is 10.6 Å². The van der Waals surface area contributed by atoms with Gasteiger partial charge in [0.2, 0.25) is 0 Å². The molecule has 2 aromatic rings. The van der Waals surface area contributed by atoms with Crippen LogP contribution in [0.2, 0.25) is 0 Å². The molecule has 0 aliphatic carbocycles. The number of carbonyl (C=O) groups excluding carboxylic acids is 1. The standard InChI is InChI=1S/C19H19F3N2O4S/c20-19(21,22)29(26,27)17-9-2-1-7-15(17)23-12-13-5-3-6-14(11-13)24-18(25)16-8-4-10-28-16/h1-3,5-7,9,11,16,23H,4,8,10,12H2,(H,24,25). The maximum atomic E-state index is 12.9. The highest BCUT2D eigenvalue weighted by molar-refractivity contribution is 7.92. The Balaban J connectivity index is 1.72. The van der Waals surface area contributed by atoms with Gasteiger partial charge in [-0.2, -0.15) is 13.2 Å². The van der Waals surface area contributed by atoms with Gasteiger partial charge in [-0.3, -0.25) is 4.79 Å². The number of benzene rings is 2. The molecule has 0 spiro atoms. The third kappa shape index (κ3) is 4.88. The number of alkyl halides is 3. The Morgan fingerprint density at radius 3 is 2.59 bits per heavy atom. The van der Waals surface area contributed by atoms with Crippen LogP contribution in [-0.4, -0.2) is 32.5 Å². The minimum Gasteiger partial charge on any atom is -0.380 e. The molecule has 1 aliphatic heterocycles. The topological polar surface area (TPSA) is 84.5 Å². The van der Waals surface area contributed by atoms with E-state index >= 15 is 0 Å². The number of rotatable bonds is 6. The van der Waals surface area contributed by atoms with Crippen LogP contribution in [0.5, 0.6) is 0 Å². The van der Waals surface area contributed by atoms with Crippen molar-refractivity contribution in [2.75, 3.05) is 17.2 Å². The van der Waals surface area contributed by atoms with Gasteiger partial charge < -0.3 is 15.4 Å². The monoisotopic (exact) mass is 428 g/mol. The number of halogens is 3. The molecule has 0 radical (unpaired) electrons. The van der Waals surface area contributed by atoms with E-state index in [0.717, 1.165) is 12.5 Å². The highest BCUT2D eigenvalue weighted by Crippen LogP contribution is 2.34. The zero-order chi connectivity index (χ0) is 21.1. The molecule has 0 saturated carbocycles. The molecule has 10 heteroatoms. The van der Waals surface area contributed by atoms with Crippen LogP contribution in [0.4, 0.5) is 24.5 Å². The highest BCUT2D eigenvalue weighted by Gasteiger charge is 2.47. The molecule has 1 atom stereocenters. The molecule has 1 amide bonds. The molecule has 1 fully saturated rings. The minimum absolute atomic E-state index is 0.0635. The Labute approximate surface area is 166 Å². The van der Waals surface area contributed by atoms with Crippen LogP contribution in [0.3, 0.4) is 0 Å². The lowest BCUT2D eigenvalue weighted by atomic mass is 10.1. The van der Waals surface area contributed by atoms with Crippen molar-refractivity contribution in [3.8, 4) is 0 Å². The second-order valence-electron chi connectivity index (χ2n) is 6.49. The van der Waals surface area contributed by atoms with Gasteiger partial charge in [0.1, 0.15) is 6.10 Å². The average molecular weight is 428 g/mol. The molecule has 6 nitrogen and oxygen atoms in total. The summed E-state index contributed by atoms with van der Waals surface area (Å²) in [6, 6.07) is 11.6. The van der Waals surface area contributed by atoms with Crippen LogP contribution in [0.15, 0.2) is 53.4 Å².